The van der Waals surface area contributed by atoms with Gasteiger partial charge in [0.1, 0.15) is 0 Å². The third kappa shape index (κ3) is 2.23. The van der Waals surface area contributed by atoms with Gasteiger partial charge in [0, 0.05) is 5.88 Å². The molecular weight excluding hydrogens is 172 g/mol. The molecule has 0 aliphatic heterocycles. The van der Waals surface area contributed by atoms with Gasteiger partial charge in [-0.1, -0.05) is 24.3 Å². The van der Waals surface area contributed by atoms with E-state index < -0.39 is 5.60 Å². The zero-order valence-electron chi connectivity index (χ0n) is 7.34. The van der Waals surface area contributed by atoms with Crippen LogP contribution in [0.4, 0.5) is 0 Å². The summed E-state index contributed by atoms with van der Waals surface area (Å²) < 4.78 is 0. The molecule has 0 unspecified atom stereocenters. The van der Waals surface area contributed by atoms with E-state index in [1.807, 2.05) is 24.3 Å². The molecule has 1 N–H and O–H groups in total. The van der Waals surface area contributed by atoms with Crippen LogP contribution < -0.4 is 0 Å². The first-order chi connectivity index (χ1) is 5.54. The van der Waals surface area contributed by atoms with E-state index in [1.165, 1.54) is 0 Å². The first-order valence-electron chi connectivity index (χ1n) is 3.92. The fraction of sp³-hybridized carbons (Fsp3) is 0.400. The van der Waals surface area contributed by atoms with Crippen molar-refractivity contribution in [2.45, 2.75) is 25.3 Å². The molecule has 0 spiro atoms. The van der Waals surface area contributed by atoms with Crippen LogP contribution in [0.2, 0.25) is 0 Å². The Kier molecular flexibility index (Phi) is 2.76. The minimum Gasteiger partial charge on any atom is -0.386 e. The van der Waals surface area contributed by atoms with Crippen LogP contribution in [0.5, 0.6) is 0 Å². The second-order valence-corrected chi connectivity index (χ2v) is 3.66. The molecule has 0 aromatic heterocycles. The third-order valence-electron chi connectivity index (χ3n) is 1.79. The second kappa shape index (κ2) is 3.46. The molecular formula is C10H13ClO. The molecule has 0 saturated heterocycles. The van der Waals surface area contributed by atoms with E-state index in [4.69, 9.17) is 11.6 Å². The van der Waals surface area contributed by atoms with Crippen molar-refractivity contribution in [2.24, 2.45) is 0 Å². The Morgan fingerprint density at radius 1 is 1.42 bits per heavy atom. The normalized spacial score (nSPS) is 11.7. The van der Waals surface area contributed by atoms with Crippen molar-refractivity contribution in [2.75, 3.05) is 0 Å². The topological polar surface area (TPSA) is 20.2 Å². The molecule has 1 aromatic carbocycles. The van der Waals surface area contributed by atoms with Gasteiger partial charge in [0.2, 0.25) is 0 Å². The van der Waals surface area contributed by atoms with Gasteiger partial charge in [-0.2, -0.15) is 0 Å². The largest absolute Gasteiger partial charge is 0.386 e. The molecule has 0 heterocycles. The van der Waals surface area contributed by atoms with Gasteiger partial charge in [-0.15, -0.1) is 11.6 Å². The first kappa shape index (κ1) is 9.56. The molecule has 0 radical (unpaired) electrons. The molecule has 0 atom stereocenters. The molecule has 66 valence electrons. The van der Waals surface area contributed by atoms with E-state index >= 15 is 0 Å². The van der Waals surface area contributed by atoms with Gasteiger partial charge in [0.25, 0.3) is 0 Å². The number of hydrogen-bond acceptors (Lipinski definition) is 1. The summed E-state index contributed by atoms with van der Waals surface area (Å²) in [6, 6.07) is 7.68. The maximum atomic E-state index is 9.67. The van der Waals surface area contributed by atoms with E-state index in [1.54, 1.807) is 13.8 Å². The first-order valence-corrected chi connectivity index (χ1v) is 4.45. The third-order valence-corrected chi connectivity index (χ3v) is 2.10. The molecule has 0 bridgehead atoms. The Morgan fingerprint density at radius 2 is 2.08 bits per heavy atom. The molecule has 12 heavy (non-hydrogen) atoms. The van der Waals surface area contributed by atoms with Crippen LogP contribution in [0.1, 0.15) is 25.0 Å². The summed E-state index contributed by atoms with van der Waals surface area (Å²) in [5, 5.41) is 9.67. The van der Waals surface area contributed by atoms with E-state index in [-0.39, 0.29) is 0 Å². The highest BCUT2D eigenvalue weighted by molar-refractivity contribution is 6.17. The number of hydrogen-bond donors (Lipinski definition) is 1. The number of halogens is 1. The number of benzene rings is 1. The predicted molar refractivity (Wildman–Crippen MR) is 51.2 cm³/mol. The fourth-order valence-corrected chi connectivity index (χ4v) is 1.20. The molecule has 0 aliphatic carbocycles. The van der Waals surface area contributed by atoms with Crippen molar-refractivity contribution in [3.8, 4) is 0 Å². The average molecular weight is 185 g/mol. The van der Waals surface area contributed by atoms with Gasteiger partial charge < -0.3 is 5.11 Å². The van der Waals surface area contributed by atoms with Crippen molar-refractivity contribution in [1.29, 1.82) is 0 Å². The zero-order valence-corrected chi connectivity index (χ0v) is 8.10. The summed E-state index contributed by atoms with van der Waals surface area (Å²) in [5.74, 6) is 0.490. The lowest BCUT2D eigenvalue weighted by Gasteiger charge is -2.18. The van der Waals surface area contributed by atoms with Crippen molar-refractivity contribution in [1.82, 2.24) is 0 Å². The highest BCUT2D eigenvalue weighted by Crippen LogP contribution is 2.20. The molecule has 0 fully saturated rings. The van der Waals surface area contributed by atoms with Gasteiger partial charge >= 0.3 is 0 Å². The van der Waals surface area contributed by atoms with Crippen molar-refractivity contribution in [3.63, 3.8) is 0 Å². The number of aliphatic hydroxyl groups is 1. The Balaban J connectivity index is 3.02. The Hall–Kier alpha value is -0.530. The summed E-state index contributed by atoms with van der Waals surface area (Å²) in [5.41, 5.74) is 1.17. The van der Waals surface area contributed by atoms with Crippen LogP contribution in [-0.4, -0.2) is 5.11 Å². The van der Waals surface area contributed by atoms with E-state index in [2.05, 4.69) is 0 Å². The fourth-order valence-electron chi connectivity index (χ4n) is 1.04. The van der Waals surface area contributed by atoms with Crippen LogP contribution >= 0.6 is 11.6 Å². The van der Waals surface area contributed by atoms with Crippen LogP contribution in [0.3, 0.4) is 0 Å². The summed E-state index contributed by atoms with van der Waals surface area (Å²) >= 11 is 5.67. The van der Waals surface area contributed by atoms with Crippen molar-refractivity contribution >= 4 is 11.6 Å². The minimum atomic E-state index is -0.776. The van der Waals surface area contributed by atoms with Gasteiger partial charge in [0.15, 0.2) is 0 Å². The van der Waals surface area contributed by atoms with Gasteiger partial charge in [0.05, 0.1) is 5.60 Å². The van der Waals surface area contributed by atoms with Crippen LogP contribution in [0.15, 0.2) is 24.3 Å². The number of rotatable bonds is 2. The lowest BCUT2D eigenvalue weighted by Crippen LogP contribution is -2.15. The average Bonchev–Trinajstić information content (AvgIpc) is 2.03. The summed E-state index contributed by atoms with van der Waals surface area (Å²) in [7, 11) is 0. The zero-order chi connectivity index (χ0) is 9.19. The molecule has 0 amide bonds. The SMILES string of the molecule is CC(C)(O)c1cccc(CCl)c1. The molecule has 1 rings (SSSR count). The van der Waals surface area contributed by atoms with E-state index in [9.17, 15) is 5.11 Å². The molecule has 1 nitrogen and oxygen atoms in total. The maximum absolute atomic E-state index is 9.67. The monoisotopic (exact) mass is 184 g/mol. The van der Waals surface area contributed by atoms with E-state index in [0.29, 0.717) is 5.88 Å². The summed E-state index contributed by atoms with van der Waals surface area (Å²) in [6.07, 6.45) is 0. The predicted octanol–water partition coefficient (Wildman–Crippen LogP) is 2.65. The molecule has 1 aromatic rings. The smallest absolute Gasteiger partial charge is 0.0840 e. The van der Waals surface area contributed by atoms with Crippen LogP contribution in [-0.2, 0) is 11.5 Å². The standard InChI is InChI=1S/C10H13ClO/c1-10(2,12)9-5-3-4-8(6-9)7-11/h3-6,12H,7H2,1-2H3. The lowest BCUT2D eigenvalue weighted by molar-refractivity contribution is 0.0785. The van der Waals surface area contributed by atoms with Gasteiger partial charge in [-0.3, -0.25) is 0 Å². The Labute approximate surface area is 78.0 Å². The Bertz CT molecular complexity index is 263. The van der Waals surface area contributed by atoms with Gasteiger partial charge in [-0.25, -0.2) is 0 Å². The number of alkyl halides is 1. The van der Waals surface area contributed by atoms with E-state index in [0.717, 1.165) is 11.1 Å². The highest BCUT2D eigenvalue weighted by atomic mass is 35.5. The van der Waals surface area contributed by atoms with Crippen LogP contribution in [0, 0.1) is 0 Å². The minimum absolute atomic E-state index is 0.490. The van der Waals surface area contributed by atoms with Crippen molar-refractivity contribution < 1.29 is 5.11 Å². The maximum Gasteiger partial charge on any atom is 0.0840 e. The summed E-state index contributed by atoms with van der Waals surface area (Å²) in [6.45, 7) is 3.53. The van der Waals surface area contributed by atoms with Crippen LogP contribution in [0.25, 0.3) is 0 Å². The lowest BCUT2D eigenvalue weighted by atomic mass is 9.97. The highest BCUT2D eigenvalue weighted by Gasteiger charge is 2.15. The molecule has 0 aliphatic rings. The second-order valence-electron chi connectivity index (χ2n) is 3.39. The molecule has 2 heteroatoms. The summed E-state index contributed by atoms with van der Waals surface area (Å²) in [4.78, 5) is 0. The quantitative estimate of drug-likeness (QED) is 0.701. The van der Waals surface area contributed by atoms with Gasteiger partial charge in [-0.05, 0) is 25.0 Å². The Morgan fingerprint density at radius 3 is 2.58 bits per heavy atom. The molecule has 0 saturated carbocycles. The van der Waals surface area contributed by atoms with Crippen molar-refractivity contribution in [3.05, 3.63) is 35.4 Å².